The molecular weight excluding hydrogens is 292 g/mol. The molecule has 1 aliphatic rings. The standard InChI is InChI=1S/C14H20N2O4S/c1-10-6-7-12(20-2)13(9-10)21(18,19)16-8-4-3-5-11(16)14(15)17/h6-7,9,11H,3-5,8H2,1-2H3,(H2,15,17)/t11-/m1/s1. The van der Waals surface area contributed by atoms with E-state index in [1.807, 2.05) is 0 Å². The average Bonchev–Trinajstić information content (AvgIpc) is 2.47. The summed E-state index contributed by atoms with van der Waals surface area (Å²) in [4.78, 5) is 11.6. The number of rotatable bonds is 4. The molecule has 0 aliphatic carbocycles. The number of ether oxygens (including phenoxy) is 1. The van der Waals surface area contributed by atoms with Crippen LogP contribution in [0.1, 0.15) is 24.8 Å². The predicted octanol–water partition coefficient (Wildman–Crippen LogP) is 1.03. The molecule has 1 saturated heterocycles. The number of hydrogen-bond donors (Lipinski definition) is 1. The van der Waals surface area contributed by atoms with Crippen LogP contribution in [0.4, 0.5) is 0 Å². The van der Waals surface area contributed by atoms with E-state index in [0.717, 1.165) is 18.4 Å². The van der Waals surface area contributed by atoms with E-state index in [2.05, 4.69) is 0 Å². The first-order valence-corrected chi connectivity index (χ1v) is 8.27. The van der Waals surface area contributed by atoms with Crippen molar-refractivity contribution in [3.05, 3.63) is 23.8 Å². The summed E-state index contributed by atoms with van der Waals surface area (Å²) in [5, 5.41) is 0. The van der Waals surface area contributed by atoms with Crippen molar-refractivity contribution in [2.45, 2.75) is 37.1 Å². The molecule has 1 fully saturated rings. The van der Waals surface area contributed by atoms with Crippen molar-refractivity contribution in [3.63, 3.8) is 0 Å². The Bertz CT molecular complexity index is 642. The van der Waals surface area contributed by atoms with Crippen molar-refractivity contribution < 1.29 is 17.9 Å². The molecule has 1 heterocycles. The quantitative estimate of drug-likeness (QED) is 0.899. The van der Waals surface area contributed by atoms with Gasteiger partial charge < -0.3 is 10.5 Å². The normalized spacial score (nSPS) is 20.2. The van der Waals surface area contributed by atoms with Crippen LogP contribution in [0.5, 0.6) is 5.75 Å². The van der Waals surface area contributed by atoms with Gasteiger partial charge in [0.1, 0.15) is 16.7 Å². The third-order valence-electron chi connectivity index (χ3n) is 3.69. The third-order valence-corrected chi connectivity index (χ3v) is 5.62. The van der Waals surface area contributed by atoms with E-state index < -0.39 is 22.0 Å². The Hall–Kier alpha value is -1.60. The highest BCUT2D eigenvalue weighted by atomic mass is 32.2. The zero-order chi connectivity index (χ0) is 15.6. The SMILES string of the molecule is COc1ccc(C)cc1S(=O)(=O)N1CCCC[C@@H]1C(N)=O. The number of nitrogens with zero attached hydrogens (tertiary/aromatic N) is 1. The number of benzene rings is 1. The van der Waals surface area contributed by atoms with Gasteiger partial charge in [-0.2, -0.15) is 4.31 Å². The van der Waals surface area contributed by atoms with Crippen LogP contribution in [0.2, 0.25) is 0 Å². The largest absolute Gasteiger partial charge is 0.495 e. The van der Waals surface area contributed by atoms with Crippen LogP contribution in [0.3, 0.4) is 0 Å². The lowest BCUT2D eigenvalue weighted by atomic mass is 10.0. The number of hydrogen-bond acceptors (Lipinski definition) is 4. The lowest BCUT2D eigenvalue weighted by Crippen LogP contribution is -2.50. The minimum Gasteiger partial charge on any atom is -0.495 e. The molecule has 0 bridgehead atoms. The molecule has 1 amide bonds. The van der Waals surface area contributed by atoms with Crippen LogP contribution < -0.4 is 10.5 Å². The smallest absolute Gasteiger partial charge is 0.247 e. The molecule has 0 spiro atoms. The number of piperidine rings is 1. The molecule has 0 unspecified atom stereocenters. The maximum absolute atomic E-state index is 12.9. The Balaban J connectivity index is 2.50. The Morgan fingerprint density at radius 2 is 2.10 bits per heavy atom. The van der Waals surface area contributed by atoms with E-state index in [4.69, 9.17) is 10.5 Å². The summed E-state index contributed by atoms with van der Waals surface area (Å²) in [6, 6.07) is 4.17. The van der Waals surface area contributed by atoms with E-state index in [1.165, 1.54) is 11.4 Å². The van der Waals surface area contributed by atoms with Gasteiger partial charge >= 0.3 is 0 Å². The molecule has 0 saturated carbocycles. The van der Waals surface area contributed by atoms with Crippen LogP contribution in [0, 0.1) is 6.92 Å². The van der Waals surface area contributed by atoms with E-state index in [1.54, 1.807) is 25.1 Å². The summed E-state index contributed by atoms with van der Waals surface area (Å²) in [7, 11) is -2.39. The van der Waals surface area contributed by atoms with Gasteiger partial charge in [-0.05, 0) is 37.5 Å². The second-order valence-electron chi connectivity index (χ2n) is 5.18. The molecule has 1 aromatic carbocycles. The van der Waals surface area contributed by atoms with Gasteiger partial charge in [0, 0.05) is 6.54 Å². The molecule has 7 heteroatoms. The first kappa shape index (κ1) is 15.8. The average molecular weight is 312 g/mol. The number of carbonyl (C=O) groups excluding carboxylic acids is 1. The molecule has 2 rings (SSSR count). The van der Waals surface area contributed by atoms with Crippen molar-refractivity contribution in [3.8, 4) is 5.75 Å². The van der Waals surface area contributed by atoms with Gasteiger partial charge in [0.15, 0.2) is 0 Å². The number of aryl methyl sites for hydroxylation is 1. The van der Waals surface area contributed by atoms with Crippen LogP contribution >= 0.6 is 0 Å². The van der Waals surface area contributed by atoms with E-state index in [0.29, 0.717) is 13.0 Å². The Kier molecular flexibility index (Phi) is 4.53. The minimum absolute atomic E-state index is 0.0816. The molecule has 1 aliphatic heterocycles. The summed E-state index contributed by atoms with van der Waals surface area (Å²) >= 11 is 0. The van der Waals surface area contributed by atoms with Crippen LogP contribution in [0.25, 0.3) is 0 Å². The predicted molar refractivity (Wildman–Crippen MR) is 78.5 cm³/mol. The monoisotopic (exact) mass is 312 g/mol. The van der Waals surface area contributed by atoms with E-state index in [9.17, 15) is 13.2 Å². The molecule has 0 aromatic heterocycles. The first-order chi connectivity index (χ1) is 9.87. The van der Waals surface area contributed by atoms with Gasteiger partial charge in [-0.1, -0.05) is 12.5 Å². The highest BCUT2D eigenvalue weighted by molar-refractivity contribution is 7.89. The molecular formula is C14H20N2O4S. The fourth-order valence-corrected chi connectivity index (χ4v) is 4.50. The van der Waals surface area contributed by atoms with Crippen molar-refractivity contribution in [2.24, 2.45) is 5.73 Å². The summed E-state index contributed by atoms with van der Waals surface area (Å²) in [6.07, 6.45) is 1.98. The topological polar surface area (TPSA) is 89.7 Å². The van der Waals surface area contributed by atoms with Crippen molar-refractivity contribution >= 4 is 15.9 Å². The fraction of sp³-hybridized carbons (Fsp3) is 0.500. The second-order valence-corrected chi connectivity index (χ2v) is 7.04. The summed E-state index contributed by atoms with van der Waals surface area (Å²) in [5.41, 5.74) is 6.16. The Labute approximate surface area is 124 Å². The van der Waals surface area contributed by atoms with E-state index >= 15 is 0 Å². The molecule has 0 radical (unpaired) electrons. The lowest BCUT2D eigenvalue weighted by molar-refractivity contribution is -0.122. The van der Waals surface area contributed by atoms with Crippen LogP contribution in [-0.2, 0) is 14.8 Å². The van der Waals surface area contributed by atoms with Crippen LogP contribution in [-0.4, -0.2) is 38.3 Å². The minimum atomic E-state index is -3.81. The number of primary amides is 1. The number of nitrogens with two attached hydrogens (primary N) is 1. The van der Waals surface area contributed by atoms with Gasteiger partial charge in [-0.15, -0.1) is 0 Å². The lowest BCUT2D eigenvalue weighted by Gasteiger charge is -2.32. The van der Waals surface area contributed by atoms with Crippen LogP contribution in [0.15, 0.2) is 23.1 Å². The van der Waals surface area contributed by atoms with Gasteiger partial charge in [-0.25, -0.2) is 8.42 Å². The first-order valence-electron chi connectivity index (χ1n) is 6.83. The van der Waals surface area contributed by atoms with Gasteiger partial charge in [0.2, 0.25) is 15.9 Å². The molecule has 116 valence electrons. The van der Waals surface area contributed by atoms with Gasteiger partial charge in [0.25, 0.3) is 0 Å². The number of sulfonamides is 1. The van der Waals surface area contributed by atoms with Crippen molar-refractivity contribution in [1.29, 1.82) is 0 Å². The number of methoxy groups -OCH3 is 1. The zero-order valence-corrected chi connectivity index (χ0v) is 13.0. The highest BCUT2D eigenvalue weighted by Gasteiger charge is 2.37. The van der Waals surface area contributed by atoms with Gasteiger partial charge in [0.05, 0.1) is 7.11 Å². The Morgan fingerprint density at radius 3 is 2.71 bits per heavy atom. The number of amides is 1. The van der Waals surface area contributed by atoms with Gasteiger partial charge in [-0.3, -0.25) is 4.79 Å². The van der Waals surface area contributed by atoms with Crippen molar-refractivity contribution in [1.82, 2.24) is 4.31 Å². The molecule has 21 heavy (non-hydrogen) atoms. The maximum Gasteiger partial charge on any atom is 0.247 e. The second kappa shape index (κ2) is 6.03. The Morgan fingerprint density at radius 1 is 1.38 bits per heavy atom. The van der Waals surface area contributed by atoms with Crippen molar-refractivity contribution in [2.75, 3.05) is 13.7 Å². The summed E-state index contributed by atoms with van der Waals surface area (Å²) < 4.78 is 32.1. The summed E-state index contributed by atoms with van der Waals surface area (Å²) in [6.45, 7) is 2.10. The fourth-order valence-electron chi connectivity index (χ4n) is 2.59. The molecule has 2 N–H and O–H groups in total. The summed E-state index contributed by atoms with van der Waals surface area (Å²) in [5.74, 6) is -0.334. The zero-order valence-electron chi connectivity index (χ0n) is 12.2. The number of carbonyl (C=O) groups is 1. The molecule has 6 nitrogen and oxygen atoms in total. The third kappa shape index (κ3) is 3.03. The highest BCUT2D eigenvalue weighted by Crippen LogP contribution is 2.31. The maximum atomic E-state index is 12.9. The van der Waals surface area contributed by atoms with E-state index in [-0.39, 0.29) is 10.6 Å². The molecule has 1 atom stereocenters. The molecule has 1 aromatic rings.